The minimum Gasteiger partial charge on any atom is -0.479 e. The molecule has 0 fully saturated rings. The van der Waals surface area contributed by atoms with Gasteiger partial charge in [0.25, 0.3) is 0 Å². The van der Waals surface area contributed by atoms with Crippen molar-refractivity contribution in [1.29, 1.82) is 0 Å². The Morgan fingerprint density at radius 1 is 1.60 bits per heavy atom. The Morgan fingerprint density at radius 2 is 2.10 bits per heavy atom. The van der Waals surface area contributed by atoms with E-state index in [4.69, 9.17) is 10.2 Å². The molecule has 0 heterocycles. The molecule has 1 unspecified atom stereocenters. The molecule has 0 aromatic heterocycles. The molecule has 0 rings (SSSR count). The molecule has 4 heteroatoms. The number of carbonyl (C=O) groups is 1. The maximum Gasteiger partial charge on any atom is 0.332 e. The summed E-state index contributed by atoms with van der Waals surface area (Å²) < 4.78 is 0. The summed E-state index contributed by atoms with van der Waals surface area (Å²) in [5.74, 6) is -1.12. The lowest BCUT2D eigenvalue weighted by atomic mass is 10.2. The molecular formula is C6H14MgO3. The van der Waals surface area contributed by atoms with E-state index in [-0.39, 0.29) is 23.1 Å². The van der Waals surface area contributed by atoms with Crippen LogP contribution in [-0.4, -0.2) is 45.3 Å². The van der Waals surface area contributed by atoms with E-state index in [1.807, 2.05) is 6.92 Å². The Labute approximate surface area is 76.6 Å². The van der Waals surface area contributed by atoms with Crippen molar-refractivity contribution in [2.24, 2.45) is 0 Å². The fourth-order valence-corrected chi connectivity index (χ4v) is 0.521. The lowest BCUT2D eigenvalue weighted by Gasteiger charge is -2.01. The zero-order chi connectivity index (χ0) is 7.28. The first-order valence-corrected chi connectivity index (χ1v) is 3.09. The highest BCUT2D eigenvalue weighted by atomic mass is 24.3. The molecule has 0 aromatic carbocycles. The Bertz CT molecular complexity index is 95.0. The quantitative estimate of drug-likeness (QED) is 0.553. The average Bonchev–Trinajstić information content (AvgIpc) is 1.82. The molecule has 0 amide bonds. The molecule has 0 saturated carbocycles. The summed E-state index contributed by atoms with van der Waals surface area (Å²) in [5.41, 5.74) is 0. The fraction of sp³-hybridized carbons (Fsp3) is 0.833. The van der Waals surface area contributed by atoms with Crippen molar-refractivity contribution in [1.82, 2.24) is 0 Å². The van der Waals surface area contributed by atoms with Gasteiger partial charge < -0.3 is 10.2 Å². The Hall–Kier alpha value is 0.196. The minimum absolute atomic E-state index is 0. The summed E-state index contributed by atoms with van der Waals surface area (Å²) in [5, 5.41) is 16.8. The highest BCUT2D eigenvalue weighted by molar-refractivity contribution is 5.75. The van der Waals surface area contributed by atoms with Gasteiger partial charge in [-0.1, -0.05) is 19.8 Å². The number of aliphatic hydroxyl groups excluding tert-OH is 1. The van der Waals surface area contributed by atoms with Crippen molar-refractivity contribution >= 4 is 29.0 Å². The standard InChI is InChI=1S/C6H12O3.Mg.2H/c1-2-3-4-5(7)6(8)9;;;/h5,7H,2-4H2,1H3,(H,8,9);;;. The van der Waals surface area contributed by atoms with E-state index in [1.54, 1.807) is 0 Å². The van der Waals surface area contributed by atoms with Gasteiger partial charge in [-0.15, -0.1) is 0 Å². The van der Waals surface area contributed by atoms with Crippen molar-refractivity contribution in [3.63, 3.8) is 0 Å². The summed E-state index contributed by atoms with van der Waals surface area (Å²) in [7, 11) is 0. The van der Waals surface area contributed by atoms with E-state index < -0.39 is 12.1 Å². The third-order valence-electron chi connectivity index (χ3n) is 1.12. The first-order chi connectivity index (χ1) is 4.18. The Kier molecular flexibility index (Phi) is 9.38. The second kappa shape index (κ2) is 7.30. The predicted octanol–water partition coefficient (Wildman–Crippen LogP) is -0.294. The van der Waals surface area contributed by atoms with Gasteiger partial charge in [0.05, 0.1) is 0 Å². The smallest absolute Gasteiger partial charge is 0.332 e. The predicted molar refractivity (Wildman–Crippen MR) is 41.7 cm³/mol. The molecule has 0 saturated heterocycles. The number of carboxylic acid groups (broad SMARTS) is 1. The van der Waals surface area contributed by atoms with Gasteiger partial charge in [0.2, 0.25) is 0 Å². The zero-order valence-electron chi connectivity index (χ0n) is 5.50. The molecule has 0 aromatic rings. The molecule has 0 aliphatic heterocycles. The maximum atomic E-state index is 9.96. The molecule has 0 aliphatic rings. The van der Waals surface area contributed by atoms with Crippen LogP contribution < -0.4 is 0 Å². The van der Waals surface area contributed by atoms with Gasteiger partial charge in [-0.2, -0.15) is 0 Å². The van der Waals surface area contributed by atoms with E-state index in [2.05, 4.69) is 0 Å². The van der Waals surface area contributed by atoms with Crippen molar-refractivity contribution in [2.45, 2.75) is 32.3 Å². The van der Waals surface area contributed by atoms with Gasteiger partial charge in [-0.05, 0) is 6.42 Å². The number of rotatable bonds is 4. The maximum absolute atomic E-state index is 9.96. The summed E-state index contributed by atoms with van der Waals surface area (Å²) in [6.45, 7) is 1.95. The van der Waals surface area contributed by atoms with Gasteiger partial charge in [0.1, 0.15) is 0 Å². The number of hydrogen-bond donors (Lipinski definition) is 2. The lowest BCUT2D eigenvalue weighted by Crippen LogP contribution is -2.18. The molecule has 10 heavy (non-hydrogen) atoms. The second-order valence-electron chi connectivity index (χ2n) is 2.00. The van der Waals surface area contributed by atoms with Crippen molar-refractivity contribution in [2.75, 3.05) is 0 Å². The van der Waals surface area contributed by atoms with Crippen LogP contribution in [0.15, 0.2) is 0 Å². The number of unbranched alkanes of at least 4 members (excludes halogenated alkanes) is 1. The molecule has 0 spiro atoms. The summed E-state index contributed by atoms with van der Waals surface area (Å²) in [6, 6.07) is 0. The normalized spacial score (nSPS) is 11.8. The van der Waals surface area contributed by atoms with Crippen LogP contribution in [0.3, 0.4) is 0 Å². The van der Waals surface area contributed by atoms with Crippen molar-refractivity contribution in [3.05, 3.63) is 0 Å². The van der Waals surface area contributed by atoms with Crippen LogP contribution in [0.25, 0.3) is 0 Å². The van der Waals surface area contributed by atoms with Gasteiger partial charge in [0.15, 0.2) is 6.10 Å². The molecule has 3 nitrogen and oxygen atoms in total. The van der Waals surface area contributed by atoms with Crippen molar-refractivity contribution in [3.8, 4) is 0 Å². The third-order valence-corrected chi connectivity index (χ3v) is 1.12. The molecular weight excluding hydrogens is 144 g/mol. The summed E-state index contributed by atoms with van der Waals surface area (Å²) in [6.07, 6.45) is 0.897. The first-order valence-electron chi connectivity index (χ1n) is 3.09. The third kappa shape index (κ3) is 6.32. The van der Waals surface area contributed by atoms with Crippen LogP contribution in [0.4, 0.5) is 0 Å². The highest BCUT2D eigenvalue weighted by Crippen LogP contribution is 1.99. The van der Waals surface area contributed by atoms with Crippen LogP contribution >= 0.6 is 0 Å². The molecule has 0 bridgehead atoms. The molecule has 58 valence electrons. The van der Waals surface area contributed by atoms with Crippen LogP contribution in [0.2, 0.25) is 0 Å². The average molecular weight is 158 g/mol. The van der Waals surface area contributed by atoms with Crippen LogP contribution in [0, 0.1) is 0 Å². The largest absolute Gasteiger partial charge is 0.479 e. The Balaban J connectivity index is 0. The van der Waals surface area contributed by atoms with E-state index in [9.17, 15) is 4.79 Å². The van der Waals surface area contributed by atoms with Gasteiger partial charge in [-0.3, -0.25) is 0 Å². The summed E-state index contributed by atoms with van der Waals surface area (Å²) in [4.78, 5) is 9.96. The second-order valence-corrected chi connectivity index (χ2v) is 2.00. The SMILES string of the molecule is CCCCC(O)C(=O)O.[MgH2]. The zero-order valence-corrected chi connectivity index (χ0v) is 5.50. The fourth-order valence-electron chi connectivity index (χ4n) is 0.521. The molecule has 1 atom stereocenters. The van der Waals surface area contributed by atoms with Crippen molar-refractivity contribution < 1.29 is 15.0 Å². The van der Waals surface area contributed by atoms with Crippen LogP contribution in [0.1, 0.15) is 26.2 Å². The van der Waals surface area contributed by atoms with Crippen LogP contribution in [0.5, 0.6) is 0 Å². The monoisotopic (exact) mass is 158 g/mol. The lowest BCUT2D eigenvalue weighted by molar-refractivity contribution is -0.146. The van der Waals surface area contributed by atoms with E-state index in [0.29, 0.717) is 6.42 Å². The minimum atomic E-state index is -1.16. The number of carboxylic acids is 1. The van der Waals surface area contributed by atoms with Gasteiger partial charge in [-0.25, -0.2) is 4.79 Å². The van der Waals surface area contributed by atoms with Gasteiger partial charge >= 0.3 is 29.0 Å². The van der Waals surface area contributed by atoms with E-state index >= 15 is 0 Å². The molecule has 2 N–H and O–H groups in total. The molecule has 0 aliphatic carbocycles. The molecule has 0 radical (unpaired) electrons. The topological polar surface area (TPSA) is 57.5 Å². The van der Waals surface area contributed by atoms with E-state index in [0.717, 1.165) is 12.8 Å². The summed E-state index contributed by atoms with van der Waals surface area (Å²) >= 11 is 0. The van der Waals surface area contributed by atoms with Crippen LogP contribution in [-0.2, 0) is 4.79 Å². The first kappa shape index (κ1) is 12.8. The number of aliphatic carboxylic acids is 1. The number of hydrogen-bond acceptors (Lipinski definition) is 2. The van der Waals surface area contributed by atoms with E-state index in [1.165, 1.54) is 0 Å². The Morgan fingerprint density at radius 3 is 2.40 bits per heavy atom. The highest BCUT2D eigenvalue weighted by Gasteiger charge is 2.10. The number of aliphatic hydroxyl groups is 1. The van der Waals surface area contributed by atoms with Gasteiger partial charge in [0, 0.05) is 0 Å².